The molecule has 0 aliphatic rings. The van der Waals surface area contributed by atoms with E-state index in [1.807, 2.05) is 0 Å². The van der Waals surface area contributed by atoms with Crippen LogP contribution >= 0.6 is 0 Å². The van der Waals surface area contributed by atoms with E-state index in [1.165, 1.54) is 40.4 Å². The van der Waals surface area contributed by atoms with Crippen LogP contribution in [0, 0.1) is 0 Å². The topological polar surface area (TPSA) is 94.1 Å². The highest BCUT2D eigenvalue weighted by Gasteiger charge is 2.27. The lowest BCUT2D eigenvalue weighted by Crippen LogP contribution is -2.48. The standard InChI is InChI=1S/C14H19NO6/c1-8(16)12(14(18)21-4)15-13(17)9-5-10(19-2)7-11(6-9)20-3/h5-8,12,16H,1-4H3,(H,15,17). The Kier molecular flexibility index (Phi) is 5.98. The van der Waals surface area contributed by atoms with Crippen LogP contribution in [0.3, 0.4) is 0 Å². The summed E-state index contributed by atoms with van der Waals surface area (Å²) in [4.78, 5) is 23.7. The van der Waals surface area contributed by atoms with E-state index in [0.29, 0.717) is 11.5 Å². The van der Waals surface area contributed by atoms with Crippen molar-refractivity contribution in [2.75, 3.05) is 21.3 Å². The number of aliphatic hydroxyl groups excluding tert-OH is 1. The smallest absolute Gasteiger partial charge is 0.331 e. The molecule has 7 nitrogen and oxygen atoms in total. The van der Waals surface area contributed by atoms with Gasteiger partial charge in [0.05, 0.1) is 27.4 Å². The second-order valence-electron chi connectivity index (χ2n) is 4.32. The summed E-state index contributed by atoms with van der Waals surface area (Å²) in [5.74, 6) is -0.408. The van der Waals surface area contributed by atoms with E-state index in [-0.39, 0.29) is 5.56 Å². The van der Waals surface area contributed by atoms with E-state index in [9.17, 15) is 14.7 Å². The zero-order valence-corrected chi connectivity index (χ0v) is 12.4. The molecular formula is C14H19NO6. The summed E-state index contributed by atoms with van der Waals surface area (Å²) in [5.41, 5.74) is 0.237. The maximum Gasteiger partial charge on any atom is 0.331 e. The van der Waals surface area contributed by atoms with E-state index in [1.54, 1.807) is 6.07 Å². The van der Waals surface area contributed by atoms with Gasteiger partial charge < -0.3 is 24.6 Å². The van der Waals surface area contributed by atoms with Crippen molar-refractivity contribution in [3.05, 3.63) is 23.8 Å². The Morgan fingerprint density at radius 1 is 1.10 bits per heavy atom. The van der Waals surface area contributed by atoms with E-state index in [2.05, 4.69) is 10.1 Å². The van der Waals surface area contributed by atoms with Crippen LogP contribution < -0.4 is 14.8 Å². The minimum Gasteiger partial charge on any atom is -0.497 e. The number of nitrogens with one attached hydrogen (secondary N) is 1. The molecule has 1 aromatic rings. The summed E-state index contributed by atoms with van der Waals surface area (Å²) < 4.78 is 14.7. The predicted molar refractivity (Wildman–Crippen MR) is 74.5 cm³/mol. The third-order valence-corrected chi connectivity index (χ3v) is 2.84. The van der Waals surface area contributed by atoms with Crippen molar-refractivity contribution in [3.63, 3.8) is 0 Å². The zero-order chi connectivity index (χ0) is 16.0. The van der Waals surface area contributed by atoms with Crippen LogP contribution in [0.25, 0.3) is 0 Å². The first-order valence-electron chi connectivity index (χ1n) is 6.22. The molecule has 0 saturated heterocycles. The third kappa shape index (κ3) is 4.35. The molecular weight excluding hydrogens is 278 g/mol. The third-order valence-electron chi connectivity index (χ3n) is 2.84. The van der Waals surface area contributed by atoms with Gasteiger partial charge in [0.25, 0.3) is 5.91 Å². The van der Waals surface area contributed by atoms with Crippen molar-refractivity contribution in [3.8, 4) is 11.5 Å². The van der Waals surface area contributed by atoms with Gasteiger partial charge in [0, 0.05) is 11.6 Å². The number of ether oxygens (including phenoxy) is 3. The van der Waals surface area contributed by atoms with Crippen LogP contribution in [0.1, 0.15) is 17.3 Å². The van der Waals surface area contributed by atoms with Gasteiger partial charge >= 0.3 is 5.97 Å². The number of rotatable bonds is 6. The van der Waals surface area contributed by atoms with Crippen molar-refractivity contribution in [1.82, 2.24) is 5.32 Å². The molecule has 7 heteroatoms. The Morgan fingerprint density at radius 2 is 1.62 bits per heavy atom. The first-order chi connectivity index (χ1) is 9.92. The highest BCUT2D eigenvalue weighted by Crippen LogP contribution is 2.22. The van der Waals surface area contributed by atoms with Gasteiger partial charge in [-0.2, -0.15) is 0 Å². The maximum atomic E-state index is 12.2. The number of benzene rings is 1. The van der Waals surface area contributed by atoms with Crippen molar-refractivity contribution < 1.29 is 28.9 Å². The van der Waals surface area contributed by atoms with E-state index in [0.717, 1.165) is 0 Å². The molecule has 2 atom stereocenters. The molecule has 0 heterocycles. The van der Waals surface area contributed by atoms with Crippen LogP contribution in [0.5, 0.6) is 11.5 Å². The van der Waals surface area contributed by atoms with Gasteiger partial charge in [-0.25, -0.2) is 4.79 Å². The Balaban J connectivity index is 2.99. The van der Waals surface area contributed by atoms with E-state index < -0.39 is 24.0 Å². The van der Waals surface area contributed by atoms with Crippen LogP contribution in [0.4, 0.5) is 0 Å². The summed E-state index contributed by atoms with van der Waals surface area (Å²) >= 11 is 0. The van der Waals surface area contributed by atoms with E-state index in [4.69, 9.17) is 9.47 Å². The average Bonchev–Trinajstić information content (AvgIpc) is 2.50. The lowest BCUT2D eigenvalue weighted by atomic mass is 10.1. The van der Waals surface area contributed by atoms with Gasteiger partial charge in [0.2, 0.25) is 0 Å². The molecule has 0 aliphatic heterocycles. The fourth-order valence-electron chi connectivity index (χ4n) is 1.67. The van der Waals surface area contributed by atoms with Gasteiger partial charge in [-0.15, -0.1) is 0 Å². The molecule has 0 radical (unpaired) electrons. The molecule has 0 aromatic heterocycles. The number of methoxy groups -OCH3 is 3. The molecule has 1 aromatic carbocycles. The number of hydrogen-bond acceptors (Lipinski definition) is 6. The Morgan fingerprint density at radius 3 is 2.00 bits per heavy atom. The summed E-state index contributed by atoms with van der Waals surface area (Å²) in [7, 11) is 4.10. The summed E-state index contributed by atoms with van der Waals surface area (Å²) in [6.07, 6.45) is -1.09. The molecule has 1 rings (SSSR count). The number of hydrogen-bond donors (Lipinski definition) is 2. The first-order valence-corrected chi connectivity index (χ1v) is 6.22. The minimum absolute atomic E-state index is 0.237. The highest BCUT2D eigenvalue weighted by atomic mass is 16.5. The van der Waals surface area contributed by atoms with Gasteiger partial charge in [-0.05, 0) is 19.1 Å². The number of carbonyl (C=O) groups excluding carboxylic acids is 2. The zero-order valence-electron chi connectivity index (χ0n) is 12.4. The largest absolute Gasteiger partial charge is 0.497 e. The molecule has 21 heavy (non-hydrogen) atoms. The molecule has 0 fully saturated rings. The summed E-state index contributed by atoms with van der Waals surface area (Å²) in [5, 5.41) is 12.0. The maximum absolute atomic E-state index is 12.2. The second-order valence-corrected chi connectivity index (χ2v) is 4.32. The van der Waals surface area contributed by atoms with Crippen molar-refractivity contribution in [1.29, 1.82) is 0 Å². The van der Waals surface area contributed by atoms with Gasteiger partial charge in [0.1, 0.15) is 11.5 Å². The average molecular weight is 297 g/mol. The lowest BCUT2D eigenvalue weighted by Gasteiger charge is -2.19. The molecule has 1 amide bonds. The summed E-state index contributed by atoms with van der Waals surface area (Å²) in [6.45, 7) is 1.38. The molecule has 0 bridgehead atoms. The Labute approximate surface area is 122 Å². The Bertz CT molecular complexity index is 492. The second kappa shape index (κ2) is 7.49. The van der Waals surface area contributed by atoms with Crippen LogP contribution in [-0.2, 0) is 9.53 Å². The molecule has 2 unspecified atom stereocenters. The monoisotopic (exact) mass is 297 g/mol. The quantitative estimate of drug-likeness (QED) is 0.736. The molecule has 0 saturated carbocycles. The van der Waals surface area contributed by atoms with Crippen molar-refractivity contribution >= 4 is 11.9 Å². The van der Waals surface area contributed by atoms with Crippen molar-refractivity contribution in [2.45, 2.75) is 19.1 Å². The minimum atomic E-state index is -1.15. The van der Waals surface area contributed by atoms with Crippen LogP contribution in [0.2, 0.25) is 0 Å². The fourth-order valence-corrected chi connectivity index (χ4v) is 1.67. The SMILES string of the molecule is COC(=O)C(NC(=O)c1cc(OC)cc(OC)c1)C(C)O. The molecule has 2 N–H and O–H groups in total. The molecule has 0 aliphatic carbocycles. The van der Waals surface area contributed by atoms with Crippen LogP contribution in [0.15, 0.2) is 18.2 Å². The molecule has 116 valence electrons. The fraction of sp³-hybridized carbons (Fsp3) is 0.429. The lowest BCUT2D eigenvalue weighted by molar-refractivity contribution is -0.145. The van der Waals surface area contributed by atoms with E-state index >= 15 is 0 Å². The normalized spacial score (nSPS) is 13.0. The van der Waals surface area contributed by atoms with Crippen LogP contribution in [-0.4, -0.2) is 50.5 Å². The summed E-state index contributed by atoms with van der Waals surface area (Å²) in [6, 6.07) is 3.45. The van der Waals surface area contributed by atoms with Crippen molar-refractivity contribution in [2.24, 2.45) is 0 Å². The highest BCUT2D eigenvalue weighted by molar-refractivity contribution is 5.97. The number of carbonyl (C=O) groups is 2. The number of amides is 1. The number of aliphatic hydroxyl groups is 1. The van der Waals surface area contributed by atoms with Gasteiger partial charge in [-0.3, -0.25) is 4.79 Å². The van der Waals surface area contributed by atoms with Gasteiger partial charge in [-0.1, -0.05) is 0 Å². The predicted octanol–water partition coefficient (Wildman–Crippen LogP) is 0.356. The molecule has 0 spiro atoms. The van der Waals surface area contributed by atoms with Gasteiger partial charge in [0.15, 0.2) is 6.04 Å². The Hall–Kier alpha value is -2.28. The first kappa shape index (κ1) is 16.8. The number of esters is 1.